The monoisotopic (exact) mass is 366 g/mol. The molecule has 2 aromatic rings. The van der Waals surface area contributed by atoms with Crippen molar-refractivity contribution in [3.8, 4) is 11.5 Å². The number of ether oxygens (including phenoxy) is 3. The lowest BCUT2D eigenvalue weighted by molar-refractivity contribution is 0.0474. The highest BCUT2D eigenvalue weighted by Crippen LogP contribution is 2.31. The molecule has 0 aliphatic carbocycles. The normalized spacial score (nSPS) is 12.6. The van der Waals surface area contributed by atoms with Gasteiger partial charge in [0.15, 0.2) is 23.9 Å². The van der Waals surface area contributed by atoms with Crippen LogP contribution in [0.5, 0.6) is 11.5 Å². The summed E-state index contributed by atoms with van der Waals surface area (Å²) in [5, 5.41) is 0.334. The highest BCUT2D eigenvalue weighted by molar-refractivity contribution is 6.43. The van der Waals surface area contributed by atoms with Crippen molar-refractivity contribution in [2.24, 2.45) is 0 Å². The van der Waals surface area contributed by atoms with Gasteiger partial charge in [0.25, 0.3) is 0 Å². The first-order valence-corrected chi connectivity index (χ1v) is 7.86. The molecule has 3 rings (SSSR count). The van der Waals surface area contributed by atoms with Crippen LogP contribution in [0.15, 0.2) is 36.4 Å². The third-order valence-corrected chi connectivity index (χ3v) is 4.19. The smallest absolute Gasteiger partial charge is 0.340 e. The molecular weight excluding hydrogens is 355 g/mol. The molecule has 0 atom stereocenters. The zero-order valence-corrected chi connectivity index (χ0v) is 13.9. The number of Topliss-reactive ketones (excluding diaryl/α,β-unsaturated/α-hetero) is 1. The maximum atomic E-state index is 12.2. The molecule has 2 aromatic carbocycles. The summed E-state index contributed by atoms with van der Waals surface area (Å²) in [7, 11) is 0. The largest absolute Gasteiger partial charge is 0.486 e. The number of benzene rings is 2. The van der Waals surface area contributed by atoms with Gasteiger partial charge >= 0.3 is 5.97 Å². The van der Waals surface area contributed by atoms with Crippen molar-refractivity contribution in [1.29, 1.82) is 0 Å². The highest BCUT2D eigenvalue weighted by Gasteiger charge is 2.18. The highest BCUT2D eigenvalue weighted by atomic mass is 35.5. The maximum absolute atomic E-state index is 12.2. The molecule has 5 nitrogen and oxygen atoms in total. The molecule has 0 radical (unpaired) electrons. The van der Waals surface area contributed by atoms with Gasteiger partial charge in [-0.15, -0.1) is 0 Å². The third kappa shape index (κ3) is 3.47. The minimum atomic E-state index is -0.714. The molecule has 0 bridgehead atoms. The van der Waals surface area contributed by atoms with Crippen LogP contribution in [-0.2, 0) is 4.74 Å². The summed E-state index contributed by atoms with van der Waals surface area (Å²) in [6.07, 6.45) is 0. The first-order valence-electron chi connectivity index (χ1n) is 7.10. The van der Waals surface area contributed by atoms with Crippen molar-refractivity contribution in [3.05, 3.63) is 57.6 Å². The van der Waals surface area contributed by atoms with Gasteiger partial charge in [-0.05, 0) is 30.3 Å². The molecule has 0 N–H and O–H groups in total. The van der Waals surface area contributed by atoms with Crippen LogP contribution < -0.4 is 9.47 Å². The number of fused-ring (bicyclic) bond motifs is 1. The topological polar surface area (TPSA) is 61.8 Å². The predicted molar refractivity (Wildman–Crippen MR) is 88.5 cm³/mol. The van der Waals surface area contributed by atoms with E-state index in [2.05, 4.69) is 0 Å². The molecule has 0 spiro atoms. The predicted octanol–water partition coefficient (Wildman–Crippen LogP) is 3.80. The second-order valence-electron chi connectivity index (χ2n) is 4.96. The van der Waals surface area contributed by atoms with E-state index >= 15 is 0 Å². The van der Waals surface area contributed by atoms with Gasteiger partial charge in [0.05, 0.1) is 15.6 Å². The Morgan fingerprint density at radius 1 is 1.04 bits per heavy atom. The van der Waals surface area contributed by atoms with E-state index < -0.39 is 12.6 Å². The summed E-state index contributed by atoms with van der Waals surface area (Å²) in [6, 6.07) is 9.42. The zero-order valence-electron chi connectivity index (χ0n) is 12.4. The van der Waals surface area contributed by atoms with E-state index in [0.29, 0.717) is 30.3 Å². The summed E-state index contributed by atoms with van der Waals surface area (Å²) in [6.45, 7) is 0.479. The Morgan fingerprint density at radius 3 is 2.58 bits per heavy atom. The van der Waals surface area contributed by atoms with E-state index in [9.17, 15) is 9.59 Å². The van der Waals surface area contributed by atoms with Gasteiger partial charge in [-0.25, -0.2) is 4.79 Å². The quantitative estimate of drug-likeness (QED) is 0.608. The molecular formula is C17H12Cl2O5. The van der Waals surface area contributed by atoms with Crippen LogP contribution in [0.2, 0.25) is 10.0 Å². The van der Waals surface area contributed by atoms with Gasteiger partial charge in [0.2, 0.25) is 0 Å². The molecule has 0 fully saturated rings. The first kappa shape index (κ1) is 16.6. The van der Waals surface area contributed by atoms with Gasteiger partial charge in [0, 0.05) is 5.56 Å². The third-order valence-electron chi connectivity index (χ3n) is 3.37. The van der Waals surface area contributed by atoms with Crippen molar-refractivity contribution in [2.45, 2.75) is 0 Å². The number of halogens is 2. The zero-order chi connectivity index (χ0) is 17.1. The fourth-order valence-electron chi connectivity index (χ4n) is 2.17. The number of hydrogen-bond acceptors (Lipinski definition) is 5. The van der Waals surface area contributed by atoms with E-state index in [-0.39, 0.29) is 21.4 Å². The van der Waals surface area contributed by atoms with Crippen molar-refractivity contribution in [3.63, 3.8) is 0 Å². The number of carbonyl (C=O) groups excluding carboxylic acids is 2. The van der Waals surface area contributed by atoms with Crippen molar-refractivity contribution in [2.75, 3.05) is 19.8 Å². The summed E-state index contributed by atoms with van der Waals surface area (Å²) < 4.78 is 15.8. The minimum Gasteiger partial charge on any atom is -0.486 e. The minimum absolute atomic E-state index is 0.0935. The number of ketones is 1. The van der Waals surface area contributed by atoms with Crippen molar-refractivity contribution in [1.82, 2.24) is 0 Å². The van der Waals surface area contributed by atoms with Crippen LogP contribution in [0.1, 0.15) is 20.7 Å². The van der Waals surface area contributed by atoms with Crippen molar-refractivity contribution >= 4 is 35.0 Å². The van der Waals surface area contributed by atoms with Crippen molar-refractivity contribution < 1.29 is 23.8 Å². The molecule has 0 saturated heterocycles. The molecule has 0 saturated carbocycles. The van der Waals surface area contributed by atoms with E-state index in [4.69, 9.17) is 37.4 Å². The van der Waals surface area contributed by atoms with Gasteiger partial charge in [-0.2, -0.15) is 0 Å². The Bertz CT molecular complexity index is 804. The second kappa shape index (κ2) is 7.11. The first-order chi connectivity index (χ1) is 11.6. The maximum Gasteiger partial charge on any atom is 0.340 e. The fourth-order valence-corrected chi connectivity index (χ4v) is 2.55. The van der Waals surface area contributed by atoms with Gasteiger partial charge in [-0.1, -0.05) is 29.3 Å². The average Bonchev–Trinajstić information content (AvgIpc) is 2.61. The molecule has 1 aliphatic rings. The van der Waals surface area contributed by atoms with Crippen LogP contribution >= 0.6 is 23.2 Å². The van der Waals surface area contributed by atoms with Crippen LogP contribution in [0.4, 0.5) is 0 Å². The summed E-state index contributed by atoms with van der Waals surface area (Å²) in [5.41, 5.74) is 0.475. The Balaban J connectivity index is 1.67. The van der Waals surface area contributed by atoms with E-state index in [1.54, 1.807) is 30.3 Å². The summed E-state index contributed by atoms with van der Waals surface area (Å²) in [5.74, 6) is 0.00341. The van der Waals surface area contributed by atoms with Gasteiger partial charge in [-0.3, -0.25) is 4.79 Å². The second-order valence-corrected chi connectivity index (χ2v) is 5.74. The number of rotatable bonds is 4. The number of carbonyl (C=O) groups is 2. The lowest BCUT2D eigenvalue weighted by Crippen LogP contribution is -2.17. The molecule has 0 amide bonds. The van der Waals surface area contributed by atoms with Crippen LogP contribution in [0.3, 0.4) is 0 Å². The Morgan fingerprint density at radius 2 is 1.79 bits per heavy atom. The van der Waals surface area contributed by atoms with E-state index in [1.165, 1.54) is 6.07 Å². The molecule has 1 heterocycles. The summed E-state index contributed by atoms with van der Waals surface area (Å²) in [4.78, 5) is 24.2. The Kier molecular flexibility index (Phi) is 4.92. The lowest BCUT2D eigenvalue weighted by atomic mass is 10.1. The summed E-state index contributed by atoms with van der Waals surface area (Å²) >= 11 is 11.8. The van der Waals surface area contributed by atoms with Gasteiger partial charge in [0.1, 0.15) is 13.2 Å². The standard InChI is InChI=1S/C17H12Cl2O5/c18-12-3-1-2-11(16(12)19)17(21)24-9-13(20)10-4-5-14-15(8-10)23-7-6-22-14/h1-5,8H,6-7,9H2. The lowest BCUT2D eigenvalue weighted by Gasteiger charge is -2.18. The van der Waals surface area contributed by atoms with E-state index in [0.717, 1.165) is 0 Å². The van der Waals surface area contributed by atoms with Crippen LogP contribution in [0.25, 0.3) is 0 Å². The Hall–Kier alpha value is -2.24. The molecule has 7 heteroatoms. The fraction of sp³-hybridized carbons (Fsp3) is 0.176. The molecule has 1 aliphatic heterocycles. The average molecular weight is 367 g/mol. The molecule has 0 aromatic heterocycles. The van der Waals surface area contributed by atoms with Crippen LogP contribution in [0, 0.1) is 0 Å². The van der Waals surface area contributed by atoms with E-state index in [1.807, 2.05) is 0 Å². The SMILES string of the molecule is O=C(COC(=O)c1cccc(Cl)c1Cl)c1ccc2c(c1)OCCO2. The van der Waals surface area contributed by atoms with Crippen LogP contribution in [-0.4, -0.2) is 31.6 Å². The molecule has 124 valence electrons. The molecule has 24 heavy (non-hydrogen) atoms. The van der Waals surface area contributed by atoms with Gasteiger partial charge < -0.3 is 14.2 Å². The molecule has 0 unspecified atom stereocenters. The number of esters is 1. The number of hydrogen-bond donors (Lipinski definition) is 0. The Labute approximate surface area is 148 Å².